The molecule has 0 amide bonds. The Morgan fingerprint density at radius 1 is 1.28 bits per heavy atom. The van der Waals surface area contributed by atoms with Gasteiger partial charge in [-0.15, -0.1) is 0 Å². The summed E-state index contributed by atoms with van der Waals surface area (Å²) in [6.45, 7) is 0. The SMILES string of the molecule is Nc1ccnc(SCc2ccccc2)c1[N+](=O)[O-]. The summed E-state index contributed by atoms with van der Waals surface area (Å²) < 4.78 is 0. The molecule has 1 heterocycles. The molecule has 1 aromatic carbocycles. The lowest BCUT2D eigenvalue weighted by atomic mass is 10.2. The average molecular weight is 261 g/mol. The van der Waals surface area contributed by atoms with E-state index >= 15 is 0 Å². The molecule has 0 spiro atoms. The number of nitrogen functional groups attached to an aromatic ring is 1. The number of hydrogen-bond acceptors (Lipinski definition) is 5. The van der Waals surface area contributed by atoms with E-state index in [9.17, 15) is 10.1 Å². The van der Waals surface area contributed by atoms with Gasteiger partial charge in [-0.05, 0) is 11.6 Å². The molecule has 2 aromatic rings. The zero-order chi connectivity index (χ0) is 13.0. The topological polar surface area (TPSA) is 82.0 Å². The summed E-state index contributed by atoms with van der Waals surface area (Å²) in [7, 11) is 0. The van der Waals surface area contributed by atoms with Gasteiger partial charge in [0.2, 0.25) is 0 Å². The van der Waals surface area contributed by atoms with Crippen LogP contribution in [0, 0.1) is 10.1 Å². The van der Waals surface area contributed by atoms with Crippen molar-refractivity contribution in [1.29, 1.82) is 0 Å². The van der Waals surface area contributed by atoms with Gasteiger partial charge < -0.3 is 5.73 Å². The average Bonchev–Trinajstić information content (AvgIpc) is 2.37. The Morgan fingerprint density at radius 2 is 2.00 bits per heavy atom. The van der Waals surface area contributed by atoms with Gasteiger partial charge in [0.15, 0.2) is 5.03 Å². The molecular formula is C12H11N3O2S. The van der Waals surface area contributed by atoms with Crippen molar-refractivity contribution in [3.63, 3.8) is 0 Å². The summed E-state index contributed by atoms with van der Waals surface area (Å²) in [6, 6.07) is 11.1. The van der Waals surface area contributed by atoms with Crippen molar-refractivity contribution in [1.82, 2.24) is 4.98 Å². The lowest BCUT2D eigenvalue weighted by Gasteiger charge is -2.03. The van der Waals surface area contributed by atoms with E-state index in [2.05, 4.69) is 4.98 Å². The fourth-order valence-corrected chi connectivity index (χ4v) is 2.42. The van der Waals surface area contributed by atoms with Gasteiger partial charge in [0.05, 0.1) is 4.92 Å². The van der Waals surface area contributed by atoms with Crippen molar-refractivity contribution in [3.05, 3.63) is 58.3 Å². The minimum absolute atomic E-state index is 0.113. The molecule has 6 heteroatoms. The molecule has 5 nitrogen and oxygen atoms in total. The van der Waals surface area contributed by atoms with Gasteiger partial charge in [0.1, 0.15) is 5.69 Å². The van der Waals surface area contributed by atoms with Gasteiger partial charge in [-0.1, -0.05) is 42.1 Å². The summed E-state index contributed by atoms with van der Waals surface area (Å²) in [5.41, 5.74) is 6.71. The monoisotopic (exact) mass is 261 g/mol. The predicted octanol–water partition coefficient (Wildman–Crippen LogP) is 2.86. The van der Waals surface area contributed by atoms with Crippen LogP contribution in [0.3, 0.4) is 0 Å². The number of benzene rings is 1. The normalized spacial score (nSPS) is 10.2. The molecule has 2 rings (SSSR count). The van der Waals surface area contributed by atoms with E-state index in [1.807, 2.05) is 30.3 Å². The smallest absolute Gasteiger partial charge is 0.324 e. The number of hydrogen-bond donors (Lipinski definition) is 1. The fourth-order valence-electron chi connectivity index (χ4n) is 1.46. The lowest BCUT2D eigenvalue weighted by molar-refractivity contribution is -0.387. The molecular weight excluding hydrogens is 250 g/mol. The van der Waals surface area contributed by atoms with E-state index in [0.29, 0.717) is 10.8 Å². The molecule has 1 aromatic heterocycles. The number of nitrogens with two attached hydrogens (primary N) is 1. The van der Waals surface area contributed by atoms with E-state index in [0.717, 1.165) is 5.56 Å². The fraction of sp³-hybridized carbons (Fsp3) is 0.0833. The summed E-state index contributed by atoms with van der Waals surface area (Å²) in [5, 5.41) is 11.3. The zero-order valence-electron chi connectivity index (χ0n) is 9.45. The molecule has 0 aliphatic rings. The Bertz CT molecular complexity index is 561. The molecule has 0 radical (unpaired) electrons. The van der Waals surface area contributed by atoms with Crippen LogP contribution in [-0.4, -0.2) is 9.91 Å². The van der Waals surface area contributed by atoms with E-state index in [1.165, 1.54) is 24.0 Å². The number of nitrogens with zero attached hydrogens (tertiary/aromatic N) is 2. The van der Waals surface area contributed by atoms with Crippen LogP contribution >= 0.6 is 11.8 Å². The van der Waals surface area contributed by atoms with Crippen LogP contribution in [0.1, 0.15) is 5.56 Å². The first kappa shape index (κ1) is 12.4. The molecule has 92 valence electrons. The molecule has 0 saturated carbocycles. The molecule has 0 atom stereocenters. The van der Waals surface area contributed by atoms with Crippen molar-refractivity contribution < 1.29 is 4.92 Å². The van der Waals surface area contributed by atoms with Gasteiger partial charge in [-0.2, -0.15) is 0 Å². The molecule has 0 fully saturated rings. The number of anilines is 1. The maximum absolute atomic E-state index is 10.9. The van der Waals surface area contributed by atoms with Crippen molar-refractivity contribution >= 4 is 23.1 Å². The Hall–Kier alpha value is -2.08. The Labute approximate surface area is 108 Å². The second-order valence-corrected chi connectivity index (χ2v) is 4.55. The lowest BCUT2D eigenvalue weighted by Crippen LogP contribution is -1.99. The highest BCUT2D eigenvalue weighted by atomic mass is 32.2. The van der Waals surface area contributed by atoms with Crippen LogP contribution in [0.5, 0.6) is 0 Å². The first-order chi connectivity index (χ1) is 8.68. The molecule has 2 N–H and O–H groups in total. The predicted molar refractivity (Wildman–Crippen MR) is 71.3 cm³/mol. The second-order valence-electron chi connectivity index (χ2n) is 3.59. The zero-order valence-corrected chi connectivity index (χ0v) is 10.3. The Balaban J connectivity index is 2.20. The minimum Gasteiger partial charge on any atom is -0.393 e. The highest BCUT2D eigenvalue weighted by Crippen LogP contribution is 2.33. The van der Waals surface area contributed by atoms with E-state index in [4.69, 9.17) is 5.73 Å². The Kier molecular flexibility index (Phi) is 3.78. The molecule has 0 unspecified atom stereocenters. The first-order valence-corrected chi connectivity index (χ1v) is 6.22. The number of rotatable bonds is 4. The van der Waals surface area contributed by atoms with Gasteiger partial charge in [0.25, 0.3) is 0 Å². The highest BCUT2D eigenvalue weighted by molar-refractivity contribution is 7.98. The molecule has 0 aliphatic carbocycles. The minimum atomic E-state index is -0.490. The summed E-state index contributed by atoms with van der Waals surface area (Å²) in [4.78, 5) is 14.5. The summed E-state index contributed by atoms with van der Waals surface area (Å²) in [5.74, 6) is 0.623. The third-order valence-electron chi connectivity index (χ3n) is 2.32. The maximum atomic E-state index is 10.9. The molecule has 0 bridgehead atoms. The van der Waals surface area contributed by atoms with Crippen LogP contribution in [0.4, 0.5) is 11.4 Å². The van der Waals surface area contributed by atoms with Crippen molar-refractivity contribution in [2.75, 3.05) is 5.73 Å². The van der Waals surface area contributed by atoms with Crippen molar-refractivity contribution in [3.8, 4) is 0 Å². The van der Waals surface area contributed by atoms with Crippen LogP contribution in [0.15, 0.2) is 47.6 Å². The maximum Gasteiger partial charge on any atom is 0.324 e. The van der Waals surface area contributed by atoms with E-state index in [1.54, 1.807) is 0 Å². The van der Waals surface area contributed by atoms with Crippen LogP contribution < -0.4 is 5.73 Å². The number of aromatic nitrogens is 1. The molecule has 18 heavy (non-hydrogen) atoms. The van der Waals surface area contributed by atoms with Crippen LogP contribution in [0.25, 0.3) is 0 Å². The number of thioether (sulfide) groups is 1. The van der Waals surface area contributed by atoms with Crippen molar-refractivity contribution in [2.45, 2.75) is 10.8 Å². The molecule has 0 aliphatic heterocycles. The quantitative estimate of drug-likeness (QED) is 0.520. The van der Waals surface area contributed by atoms with Gasteiger partial charge in [-0.25, -0.2) is 4.98 Å². The van der Waals surface area contributed by atoms with Gasteiger partial charge in [-0.3, -0.25) is 10.1 Å². The first-order valence-electron chi connectivity index (χ1n) is 5.24. The standard InChI is InChI=1S/C12H11N3O2S/c13-10-6-7-14-12(11(10)15(16)17)18-8-9-4-2-1-3-5-9/h1-7H,8H2,(H2,13,14). The van der Waals surface area contributed by atoms with Crippen LogP contribution in [0.2, 0.25) is 0 Å². The van der Waals surface area contributed by atoms with E-state index < -0.39 is 4.92 Å². The largest absolute Gasteiger partial charge is 0.393 e. The Morgan fingerprint density at radius 3 is 2.67 bits per heavy atom. The summed E-state index contributed by atoms with van der Waals surface area (Å²) >= 11 is 1.31. The van der Waals surface area contributed by atoms with Crippen LogP contribution in [-0.2, 0) is 5.75 Å². The third-order valence-corrected chi connectivity index (χ3v) is 3.37. The number of pyridine rings is 1. The van der Waals surface area contributed by atoms with Crippen molar-refractivity contribution in [2.24, 2.45) is 0 Å². The highest BCUT2D eigenvalue weighted by Gasteiger charge is 2.19. The third kappa shape index (κ3) is 2.78. The number of nitro groups is 1. The molecule has 0 saturated heterocycles. The summed E-state index contributed by atoms with van der Waals surface area (Å²) in [6.07, 6.45) is 1.48. The second kappa shape index (κ2) is 5.50. The van der Waals surface area contributed by atoms with Gasteiger partial charge in [0, 0.05) is 11.9 Å². The van der Waals surface area contributed by atoms with E-state index in [-0.39, 0.29) is 11.4 Å². The van der Waals surface area contributed by atoms with Gasteiger partial charge >= 0.3 is 5.69 Å².